The molecule has 0 fully saturated rings. The summed E-state index contributed by atoms with van der Waals surface area (Å²) in [5.74, 6) is 0.895. The van der Waals surface area contributed by atoms with Crippen LogP contribution in [0.2, 0.25) is 0 Å². The summed E-state index contributed by atoms with van der Waals surface area (Å²) >= 11 is 0. The van der Waals surface area contributed by atoms with Crippen LogP contribution in [0.3, 0.4) is 0 Å². The van der Waals surface area contributed by atoms with Crippen molar-refractivity contribution in [2.24, 2.45) is 17.8 Å². The molecule has 3 unspecified atom stereocenters. The Kier molecular flexibility index (Phi) is 15.5. The third-order valence-corrected chi connectivity index (χ3v) is 7.22. The number of carbonyl (C=O) groups is 4. The quantitative estimate of drug-likeness (QED) is 0.226. The highest BCUT2D eigenvalue weighted by Crippen LogP contribution is 2.36. The van der Waals surface area contributed by atoms with E-state index in [1.54, 1.807) is 6.92 Å². The van der Waals surface area contributed by atoms with Gasteiger partial charge >= 0.3 is 0 Å². The van der Waals surface area contributed by atoms with Gasteiger partial charge in [0.2, 0.25) is 0 Å². The summed E-state index contributed by atoms with van der Waals surface area (Å²) in [6.45, 7) is 15.5. The van der Waals surface area contributed by atoms with E-state index in [1.165, 1.54) is 18.9 Å². The van der Waals surface area contributed by atoms with Crippen LogP contribution in [0, 0.1) is 31.6 Å². The molecule has 0 spiro atoms. The molecule has 2 aromatic carbocycles. The van der Waals surface area contributed by atoms with E-state index in [2.05, 4.69) is 26.8 Å². The summed E-state index contributed by atoms with van der Waals surface area (Å²) in [6.07, 6.45) is 6.46. The van der Waals surface area contributed by atoms with Crippen molar-refractivity contribution in [2.75, 3.05) is 0 Å². The highest BCUT2D eigenvalue weighted by Gasteiger charge is 2.32. The van der Waals surface area contributed by atoms with E-state index in [9.17, 15) is 19.2 Å². The van der Waals surface area contributed by atoms with Gasteiger partial charge in [-0.25, -0.2) is 0 Å². The monoisotopic (exact) mass is 534 g/mol. The highest BCUT2D eigenvalue weighted by molar-refractivity contribution is 6.00. The minimum Gasteiger partial charge on any atom is -0.300 e. The fourth-order valence-corrected chi connectivity index (χ4v) is 5.48. The molecule has 0 N–H and O–H groups in total. The van der Waals surface area contributed by atoms with Gasteiger partial charge in [-0.3, -0.25) is 19.2 Å². The molecule has 4 nitrogen and oxygen atoms in total. The maximum atomic E-state index is 12.7. The molecule has 0 heterocycles. The standard InChI is InChI=1S/C23H32O3.C9H10O.C3H8/c1-5-8-18(20(6-2)21(25)11-16(4)24)12-17-13-19-10-7-9-15(3)23(19)22(26)14-17;1-7-3-5-9(6-4-7)8(2)10;1-3-2/h7,9-10,17-18,20H,5-6,8,11-14H2,1-4H3;3-6H,1-2H3;3H2,1-2H3. The molecule has 0 saturated heterocycles. The Morgan fingerprint density at radius 2 is 1.51 bits per heavy atom. The second kappa shape index (κ2) is 17.7. The first-order valence-electron chi connectivity index (χ1n) is 14.7. The molecule has 39 heavy (non-hydrogen) atoms. The largest absolute Gasteiger partial charge is 0.300 e. The summed E-state index contributed by atoms with van der Waals surface area (Å²) < 4.78 is 0. The molecule has 0 bridgehead atoms. The lowest BCUT2D eigenvalue weighted by Crippen LogP contribution is -2.29. The number of hydrogen-bond acceptors (Lipinski definition) is 4. The number of carbonyl (C=O) groups excluding carboxylic acids is 4. The van der Waals surface area contributed by atoms with Crippen LogP contribution in [-0.4, -0.2) is 23.1 Å². The van der Waals surface area contributed by atoms with E-state index in [0.717, 1.165) is 54.4 Å². The molecular weight excluding hydrogens is 484 g/mol. The fraction of sp³-hybridized carbons (Fsp3) is 0.543. The smallest absolute Gasteiger partial charge is 0.163 e. The number of rotatable bonds is 10. The highest BCUT2D eigenvalue weighted by atomic mass is 16.1. The van der Waals surface area contributed by atoms with E-state index in [1.807, 2.05) is 57.2 Å². The zero-order valence-corrected chi connectivity index (χ0v) is 25.6. The van der Waals surface area contributed by atoms with Gasteiger partial charge in [-0.05, 0) is 69.9 Å². The SMILES string of the molecule is CC(=O)c1ccc(C)cc1.CCC.CCCC(CC1CC(=O)c2c(C)cccc2C1)C(CC)C(=O)CC(C)=O. The number of benzene rings is 2. The van der Waals surface area contributed by atoms with Crippen molar-refractivity contribution in [1.82, 2.24) is 0 Å². The molecular formula is C35H50O4. The minimum absolute atomic E-state index is 0.0460. The topological polar surface area (TPSA) is 68.3 Å². The van der Waals surface area contributed by atoms with E-state index in [-0.39, 0.29) is 41.4 Å². The van der Waals surface area contributed by atoms with Gasteiger partial charge in [0.25, 0.3) is 0 Å². The van der Waals surface area contributed by atoms with Crippen molar-refractivity contribution in [3.63, 3.8) is 0 Å². The molecule has 4 heteroatoms. The van der Waals surface area contributed by atoms with Crippen LogP contribution in [0.5, 0.6) is 0 Å². The Morgan fingerprint density at radius 3 is 2.03 bits per heavy atom. The van der Waals surface area contributed by atoms with Crippen molar-refractivity contribution in [3.05, 3.63) is 70.3 Å². The van der Waals surface area contributed by atoms with Crippen molar-refractivity contribution in [3.8, 4) is 0 Å². The number of ketones is 4. The number of fused-ring (bicyclic) bond motifs is 1. The Morgan fingerprint density at radius 1 is 0.897 bits per heavy atom. The van der Waals surface area contributed by atoms with Crippen LogP contribution < -0.4 is 0 Å². The van der Waals surface area contributed by atoms with Gasteiger partial charge in [0.1, 0.15) is 11.6 Å². The molecule has 214 valence electrons. The predicted octanol–water partition coefficient (Wildman–Crippen LogP) is 8.73. The average molecular weight is 535 g/mol. The normalized spacial score (nSPS) is 15.5. The summed E-state index contributed by atoms with van der Waals surface area (Å²) in [5.41, 5.74) is 5.11. The maximum Gasteiger partial charge on any atom is 0.163 e. The van der Waals surface area contributed by atoms with Crippen LogP contribution in [-0.2, 0) is 16.0 Å². The zero-order chi connectivity index (χ0) is 29.5. The fourth-order valence-electron chi connectivity index (χ4n) is 5.48. The van der Waals surface area contributed by atoms with E-state index < -0.39 is 0 Å². The molecule has 0 aliphatic heterocycles. The Bertz CT molecular complexity index is 1080. The zero-order valence-electron chi connectivity index (χ0n) is 25.6. The van der Waals surface area contributed by atoms with Crippen molar-refractivity contribution in [2.45, 2.75) is 107 Å². The van der Waals surface area contributed by atoms with Gasteiger partial charge < -0.3 is 0 Å². The summed E-state index contributed by atoms with van der Waals surface area (Å²) in [5, 5.41) is 0. The van der Waals surface area contributed by atoms with Crippen molar-refractivity contribution in [1.29, 1.82) is 0 Å². The second-order valence-electron chi connectivity index (χ2n) is 11.1. The van der Waals surface area contributed by atoms with E-state index in [0.29, 0.717) is 12.3 Å². The van der Waals surface area contributed by atoms with Crippen LogP contribution in [0.1, 0.15) is 124 Å². The number of aryl methyl sites for hydroxylation is 2. The van der Waals surface area contributed by atoms with Crippen LogP contribution in [0.25, 0.3) is 0 Å². The van der Waals surface area contributed by atoms with E-state index in [4.69, 9.17) is 0 Å². The number of Topliss-reactive ketones (excluding diaryl/α,β-unsaturated/α-hetero) is 4. The maximum absolute atomic E-state index is 12.7. The van der Waals surface area contributed by atoms with Crippen molar-refractivity contribution >= 4 is 23.1 Å². The first-order valence-corrected chi connectivity index (χ1v) is 14.7. The molecule has 1 aliphatic carbocycles. The Labute approximate surface area is 237 Å². The molecule has 0 amide bonds. The third kappa shape index (κ3) is 11.4. The van der Waals surface area contributed by atoms with Gasteiger partial charge in [-0.1, -0.05) is 95.0 Å². The lowest BCUT2D eigenvalue weighted by molar-refractivity contribution is -0.129. The summed E-state index contributed by atoms with van der Waals surface area (Å²) in [4.78, 5) is 47.4. The van der Waals surface area contributed by atoms with Crippen LogP contribution >= 0.6 is 0 Å². The molecule has 0 radical (unpaired) electrons. The molecule has 3 rings (SSSR count). The average Bonchev–Trinajstić information content (AvgIpc) is 2.85. The van der Waals surface area contributed by atoms with Gasteiger partial charge in [0, 0.05) is 23.5 Å². The Balaban J connectivity index is 0.000000483. The predicted molar refractivity (Wildman–Crippen MR) is 162 cm³/mol. The lowest BCUT2D eigenvalue weighted by Gasteiger charge is -2.31. The van der Waals surface area contributed by atoms with Gasteiger partial charge in [-0.15, -0.1) is 0 Å². The first kappa shape index (κ1) is 34.1. The molecule has 3 atom stereocenters. The molecule has 0 saturated carbocycles. The summed E-state index contributed by atoms with van der Waals surface area (Å²) in [6, 6.07) is 13.7. The van der Waals surface area contributed by atoms with Crippen molar-refractivity contribution < 1.29 is 19.2 Å². The Hall–Kier alpha value is -2.88. The minimum atomic E-state index is -0.0622. The second-order valence-corrected chi connectivity index (χ2v) is 11.1. The van der Waals surface area contributed by atoms with Crippen LogP contribution in [0.15, 0.2) is 42.5 Å². The van der Waals surface area contributed by atoms with Gasteiger partial charge in [0.05, 0.1) is 6.42 Å². The van der Waals surface area contributed by atoms with Crippen LogP contribution in [0.4, 0.5) is 0 Å². The van der Waals surface area contributed by atoms with E-state index >= 15 is 0 Å². The molecule has 0 aromatic heterocycles. The van der Waals surface area contributed by atoms with Gasteiger partial charge in [-0.2, -0.15) is 0 Å². The van der Waals surface area contributed by atoms with Gasteiger partial charge in [0.15, 0.2) is 11.6 Å². The molecule has 2 aromatic rings. The third-order valence-electron chi connectivity index (χ3n) is 7.22. The summed E-state index contributed by atoms with van der Waals surface area (Å²) in [7, 11) is 0. The first-order chi connectivity index (χ1) is 18.5. The molecule has 1 aliphatic rings. The number of hydrogen-bond donors (Lipinski definition) is 0. The lowest BCUT2D eigenvalue weighted by atomic mass is 9.72.